The van der Waals surface area contributed by atoms with Gasteiger partial charge in [-0.25, -0.2) is 4.98 Å². The lowest BCUT2D eigenvalue weighted by Crippen LogP contribution is -2.42. The Morgan fingerprint density at radius 3 is 2.31 bits per heavy atom. The second kappa shape index (κ2) is 9.98. The predicted octanol–water partition coefficient (Wildman–Crippen LogP) is 5.21. The Bertz CT molecular complexity index is 848. The van der Waals surface area contributed by atoms with E-state index >= 15 is 0 Å². The van der Waals surface area contributed by atoms with Crippen LogP contribution in [0.15, 0.2) is 24.4 Å². The first-order chi connectivity index (χ1) is 13.8. The quantitative estimate of drug-likeness (QED) is 0.515. The molecule has 3 N–H and O–H groups in total. The number of benzene rings is 1. The Kier molecular flexibility index (Phi) is 7.62. The molecule has 1 aliphatic rings. The van der Waals surface area contributed by atoms with Gasteiger partial charge in [0.15, 0.2) is 5.11 Å². The molecule has 0 spiro atoms. The summed E-state index contributed by atoms with van der Waals surface area (Å²) in [4.78, 5) is 10.8. The van der Waals surface area contributed by atoms with Crippen LogP contribution < -0.4 is 20.9 Å². The summed E-state index contributed by atoms with van der Waals surface area (Å²) in [6.45, 7) is 0. The zero-order valence-corrected chi connectivity index (χ0v) is 19.3. The van der Waals surface area contributed by atoms with E-state index in [0.717, 1.165) is 31.5 Å². The third-order valence-corrected chi connectivity index (χ3v) is 5.77. The molecule has 10 heteroatoms. The molecule has 1 aromatic carbocycles. The van der Waals surface area contributed by atoms with Gasteiger partial charge in [0.2, 0.25) is 5.95 Å². The molecule has 156 valence electrons. The summed E-state index contributed by atoms with van der Waals surface area (Å²) in [5.74, 6) is 1.55. The van der Waals surface area contributed by atoms with Gasteiger partial charge in [0, 0.05) is 37.4 Å². The molecule has 0 saturated heterocycles. The van der Waals surface area contributed by atoms with Gasteiger partial charge in [-0.15, -0.1) is 0 Å². The summed E-state index contributed by atoms with van der Waals surface area (Å²) in [5, 5.41) is 11.7. The van der Waals surface area contributed by atoms with Gasteiger partial charge in [0.1, 0.15) is 5.82 Å². The Morgan fingerprint density at radius 1 is 1.07 bits per heavy atom. The van der Waals surface area contributed by atoms with Crippen LogP contribution in [-0.2, 0) is 0 Å². The SMILES string of the molecule is CN(C)c1ccnc(NC2CCC(NC(=S)Nc3c(Cl)cc(Cl)cc3Cl)CC2)n1. The molecule has 1 heterocycles. The molecule has 0 radical (unpaired) electrons. The summed E-state index contributed by atoms with van der Waals surface area (Å²) in [7, 11) is 3.93. The van der Waals surface area contributed by atoms with Crippen LogP contribution in [0.2, 0.25) is 15.1 Å². The minimum atomic E-state index is 0.284. The largest absolute Gasteiger partial charge is 0.363 e. The molecule has 0 atom stereocenters. The molecule has 3 rings (SSSR count). The van der Waals surface area contributed by atoms with Gasteiger partial charge in [0.05, 0.1) is 15.7 Å². The highest BCUT2D eigenvalue weighted by molar-refractivity contribution is 7.80. The number of aromatic nitrogens is 2. The first-order valence-electron chi connectivity index (χ1n) is 9.31. The van der Waals surface area contributed by atoms with Crippen molar-refractivity contribution in [2.75, 3.05) is 29.6 Å². The fourth-order valence-electron chi connectivity index (χ4n) is 3.23. The van der Waals surface area contributed by atoms with Crippen molar-refractivity contribution in [3.05, 3.63) is 39.5 Å². The van der Waals surface area contributed by atoms with Crippen LogP contribution in [0.5, 0.6) is 0 Å². The van der Waals surface area contributed by atoms with Crippen LogP contribution >= 0.6 is 47.0 Å². The van der Waals surface area contributed by atoms with Crippen LogP contribution in [-0.4, -0.2) is 41.3 Å². The zero-order chi connectivity index (χ0) is 21.0. The zero-order valence-electron chi connectivity index (χ0n) is 16.2. The minimum Gasteiger partial charge on any atom is -0.363 e. The van der Waals surface area contributed by atoms with Crippen LogP contribution in [0.4, 0.5) is 17.5 Å². The molecule has 29 heavy (non-hydrogen) atoms. The summed E-state index contributed by atoms with van der Waals surface area (Å²) < 4.78 is 0. The fourth-order valence-corrected chi connectivity index (χ4v) is 4.41. The van der Waals surface area contributed by atoms with Crippen molar-refractivity contribution in [3.63, 3.8) is 0 Å². The molecular formula is C19H23Cl3N6S. The molecule has 1 saturated carbocycles. The van der Waals surface area contributed by atoms with Crippen LogP contribution in [0, 0.1) is 0 Å². The monoisotopic (exact) mass is 472 g/mol. The van der Waals surface area contributed by atoms with Crippen LogP contribution in [0.3, 0.4) is 0 Å². The highest BCUT2D eigenvalue weighted by Crippen LogP contribution is 2.33. The molecular weight excluding hydrogens is 451 g/mol. The topological polar surface area (TPSA) is 65.1 Å². The lowest BCUT2D eigenvalue weighted by molar-refractivity contribution is 0.387. The molecule has 0 amide bonds. The smallest absolute Gasteiger partial charge is 0.224 e. The summed E-state index contributed by atoms with van der Waals surface area (Å²) in [6.07, 6.45) is 5.73. The van der Waals surface area contributed by atoms with E-state index in [2.05, 4.69) is 25.9 Å². The van der Waals surface area contributed by atoms with E-state index in [4.69, 9.17) is 47.0 Å². The van der Waals surface area contributed by atoms with Crippen molar-refractivity contribution >= 4 is 69.6 Å². The van der Waals surface area contributed by atoms with Crippen molar-refractivity contribution < 1.29 is 0 Å². The molecule has 2 aromatic rings. The van der Waals surface area contributed by atoms with Crippen molar-refractivity contribution in [2.24, 2.45) is 0 Å². The normalized spacial score (nSPS) is 18.8. The standard InChI is InChI=1S/C19H23Cl3N6S/c1-28(2)16-7-8-23-18(26-16)24-12-3-5-13(6-4-12)25-19(29)27-17-14(21)9-11(20)10-15(17)22/h7-10,12-13H,3-6H2,1-2H3,(H,23,24,26)(H2,25,27,29). The van der Waals surface area contributed by atoms with Crippen LogP contribution in [0.25, 0.3) is 0 Å². The van der Waals surface area contributed by atoms with Gasteiger partial charge in [-0.05, 0) is 56.1 Å². The number of nitrogens with zero attached hydrogens (tertiary/aromatic N) is 3. The lowest BCUT2D eigenvalue weighted by Gasteiger charge is -2.30. The maximum atomic E-state index is 6.21. The molecule has 6 nitrogen and oxygen atoms in total. The highest BCUT2D eigenvalue weighted by atomic mass is 35.5. The highest BCUT2D eigenvalue weighted by Gasteiger charge is 2.22. The molecule has 1 fully saturated rings. The lowest BCUT2D eigenvalue weighted by atomic mass is 9.91. The minimum absolute atomic E-state index is 0.284. The van der Waals surface area contributed by atoms with Gasteiger partial charge in [-0.3, -0.25) is 0 Å². The van der Waals surface area contributed by atoms with Gasteiger partial charge in [-0.1, -0.05) is 34.8 Å². The average molecular weight is 474 g/mol. The number of halogens is 3. The van der Waals surface area contributed by atoms with E-state index in [-0.39, 0.29) is 6.04 Å². The fraction of sp³-hybridized carbons (Fsp3) is 0.421. The maximum absolute atomic E-state index is 6.21. The van der Waals surface area contributed by atoms with E-state index in [1.165, 1.54) is 0 Å². The number of rotatable bonds is 5. The number of anilines is 3. The van der Waals surface area contributed by atoms with E-state index in [9.17, 15) is 0 Å². The second-order valence-electron chi connectivity index (χ2n) is 7.17. The van der Waals surface area contributed by atoms with Gasteiger partial charge < -0.3 is 20.9 Å². The summed E-state index contributed by atoms with van der Waals surface area (Å²) >= 11 is 23.8. The number of nitrogens with one attached hydrogen (secondary N) is 3. The summed E-state index contributed by atoms with van der Waals surface area (Å²) in [5.41, 5.74) is 0.559. The Balaban J connectivity index is 1.48. The molecule has 1 aliphatic carbocycles. The van der Waals surface area contributed by atoms with Crippen molar-refractivity contribution in [3.8, 4) is 0 Å². The Labute approximate surface area is 191 Å². The van der Waals surface area contributed by atoms with E-state index < -0.39 is 0 Å². The molecule has 0 aliphatic heterocycles. The first-order valence-corrected chi connectivity index (χ1v) is 10.8. The van der Waals surface area contributed by atoms with Crippen molar-refractivity contribution in [1.82, 2.24) is 15.3 Å². The van der Waals surface area contributed by atoms with Crippen LogP contribution in [0.1, 0.15) is 25.7 Å². The Morgan fingerprint density at radius 2 is 1.69 bits per heavy atom. The van der Waals surface area contributed by atoms with Gasteiger partial charge in [-0.2, -0.15) is 4.98 Å². The third-order valence-electron chi connectivity index (χ3n) is 4.74. The second-order valence-corrected chi connectivity index (χ2v) is 8.83. The van der Waals surface area contributed by atoms with Gasteiger partial charge >= 0.3 is 0 Å². The molecule has 0 unspecified atom stereocenters. The maximum Gasteiger partial charge on any atom is 0.224 e. The number of thiocarbonyl (C=S) groups is 1. The number of hydrogen-bond acceptors (Lipinski definition) is 5. The predicted molar refractivity (Wildman–Crippen MR) is 127 cm³/mol. The number of hydrogen-bond donors (Lipinski definition) is 3. The third kappa shape index (κ3) is 6.22. The first kappa shape index (κ1) is 22.2. The van der Waals surface area contributed by atoms with Crippen molar-refractivity contribution in [1.29, 1.82) is 0 Å². The van der Waals surface area contributed by atoms with Crippen molar-refractivity contribution in [2.45, 2.75) is 37.8 Å². The van der Waals surface area contributed by atoms with Gasteiger partial charge in [0.25, 0.3) is 0 Å². The Hall–Kier alpha value is -1.54. The van der Waals surface area contributed by atoms with E-state index in [0.29, 0.717) is 37.9 Å². The molecule has 0 bridgehead atoms. The van der Waals surface area contributed by atoms with E-state index in [1.54, 1.807) is 18.3 Å². The molecule has 1 aromatic heterocycles. The summed E-state index contributed by atoms with van der Waals surface area (Å²) in [6, 6.07) is 5.77. The average Bonchev–Trinajstić information content (AvgIpc) is 2.66. The van der Waals surface area contributed by atoms with E-state index in [1.807, 2.05) is 25.1 Å².